The molecule has 0 unspecified atom stereocenters. The van der Waals surface area contributed by atoms with Crippen LogP contribution in [0.15, 0.2) is 18.2 Å². The van der Waals surface area contributed by atoms with Crippen LogP contribution in [0.3, 0.4) is 0 Å². The second-order valence-electron chi connectivity index (χ2n) is 4.97. The lowest BCUT2D eigenvalue weighted by Gasteiger charge is -2.10. The van der Waals surface area contributed by atoms with E-state index >= 15 is 0 Å². The Hall–Kier alpha value is -2.50. The number of nitrogen functional groups attached to an aromatic ring is 1. The summed E-state index contributed by atoms with van der Waals surface area (Å²) in [5.74, 6) is -0.529. The number of benzene rings is 1. The Morgan fingerprint density at radius 2 is 1.67 bits per heavy atom. The molecule has 0 aliphatic carbocycles. The SMILES string of the molecule is Cc1nc(N)c2c(C)c(C)n(-c3c(F)cccc3F)c2n1. The molecular weight excluding hydrogens is 274 g/mol. The lowest BCUT2D eigenvalue weighted by Crippen LogP contribution is -2.05. The zero-order valence-corrected chi connectivity index (χ0v) is 11.9. The van der Waals surface area contributed by atoms with Crippen LogP contribution in [0.5, 0.6) is 0 Å². The molecule has 4 nitrogen and oxygen atoms in total. The van der Waals surface area contributed by atoms with E-state index in [0.29, 0.717) is 28.4 Å². The van der Waals surface area contributed by atoms with E-state index in [-0.39, 0.29) is 5.69 Å². The number of anilines is 1. The molecule has 0 fully saturated rings. The molecule has 0 saturated heterocycles. The molecule has 3 aromatic rings. The number of nitrogens with two attached hydrogens (primary N) is 1. The Morgan fingerprint density at radius 3 is 2.29 bits per heavy atom. The third kappa shape index (κ3) is 1.86. The van der Waals surface area contributed by atoms with E-state index in [1.165, 1.54) is 22.8 Å². The summed E-state index contributed by atoms with van der Waals surface area (Å²) >= 11 is 0. The average molecular weight is 288 g/mol. The number of aryl methyl sites for hydroxylation is 2. The molecule has 6 heteroatoms. The monoisotopic (exact) mass is 288 g/mol. The van der Waals surface area contributed by atoms with Crippen molar-refractivity contribution in [3.63, 3.8) is 0 Å². The molecule has 108 valence electrons. The minimum atomic E-state index is -0.648. The van der Waals surface area contributed by atoms with Crippen molar-refractivity contribution in [2.45, 2.75) is 20.8 Å². The Balaban J connectivity index is 2.52. The first-order chi connectivity index (χ1) is 9.91. The van der Waals surface area contributed by atoms with Crippen LogP contribution in [0.4, 0.5) is 14.6 Å². The van der Waals surface area contributed by atoms with Crippen LogP contribution in [0, 0.1) is 32.4 Å². The van der Waals surface area contributed by atoms with Gasteiger partial charge in [0.2, 0.25) is 0 Å². The van der Waals surface area contributed by atoms with E-state index in [4.69, 9.17) is 5.73 Å². The molecule has 0 amide bonds. The number of hydrogen-bond acceptors (Lipinski definition) is 3. The van der Waals surface area contributed by atoms with Crippen molar-refractivity contribution in [3.8, 4) is 5.69 Å². The summed E-state index contributed by atoms with van der Waals surface area (Å²) in [6.07, 6.45) is 0. The maximum absolute atomic E-state index is 14.1. The van der Waals surface area contributed by atoms with Crippen molar-refractivity contribution < 1.29 is 8.78 Å². The fourth-order valence-corrected chi connectivity index (χ4v) is 2.58. The van der Waals surface area contributed by atoms with Crippen LogP contribution in [-0.4, -0.2) is 14.5 Å². The van der Waals surface area contributed by atoms with Crippen LogP contribution in [0.1, 0.15) is 17.1 Å². The highest BCUT2D eigenvalue weighted by Crippen LogP contribution is 2.32. The largest absolute Gasteiger partial charge is 0.383 e. The zero-order chi connectivity index (χ0) is 15.3. The van der Waals surface area contributed by atoms with Crippen molar-refractivity contribution in [2.24, 2.45) is 0 Å². The van der Waals surface area contributed by atoms with Gasteiger partial charge in [-0.25, -0.2) is 18.7 Å². The Morgan fingerprint density at radius 1 is 1.05 bits per heavy atom. The summed E-state index contributed by atoms with van der Waals surface area (Å²) in [7, 11) is 0. The van der Waals surface area contributed by atoms with E-state index in [0.717, 1.165) is 5.56 Å². The number of nitrogens with zero attached hydrogens (tertiary/aromatic N) is 3. The molecular formula is C15H14F2N4. The summed E-state index contributed by atoms with van der Waals surface area (Å²) in [6, 6.07) is 3.77. The highest BCUT2D eigenvalue weighted by Gasteiger charge is 2.21. The second kappa shape index (κ2) is 4.51. The molecule has 0 bridgehead atoms. The molecule has 0 spiro atoms. The first kappa shape index (κ1) is 13.5. The van der Waals surface area contributed by atoms with E-state index in [9.17, 15) is 8.78 Å². The molecule has 21 heavy (non-hydrogen) atoms. The maximum atomic E-state index is 14.1. The molecule has 2 N–H and O–H groups in total. The number of fused-ring (bicyclic) bond motifs is 1. The normalized spacial score (nSPS) is 11.3. The Kier molecular flexibility index (Phi) is 2.90. The highest BCUT2D eigenvalue weighted by molar-refractivity contribution is 5.92. The summed E-state index contributed by atoms with van der Waals surface area (Å²) in [6.45, 7) is 5.30. The van der Waals surface area contributed by atoms with Crippen molar-refractivity contribution in [2.75, 3.05) is 5.73 Å². The molecule has 0 aliphatic heterocycles. The van der Waals surface area contributed by atoms with Crippen LogP contribution in [0.25, 0.3) is 16.7 Å². The molecule has 0 radical (unpaired) electrons. The minimum absolute atomic E-state index is 0.148. The van der Waals surface area contributed by atoms with Crippen molar-refractivity contribution >= 4 is 16.9 Å². The molecule has 1 aromatic carbocycles. The van der Waals surface area contributed by atoms with Crippen LogP contribution in [0.2, 0.25) is 0 Å². The van der Waals surface area contributed by atoms with Gasteiger partial charge in [0.25, 0.3) is 0 Å². The van der Waals surface area contributed by atoms with Crippen molar-refractivity contribution in [1.29, 1.82) is 0 Å². The van der Waals surface area contributed by atoms with Gasteiger partial charge in [-0.3, -0.25) is 4.57 Å². The van der Waals surface area contributed by atoms with E-state index in [1.54, 1.807) is 13.8 Å². The van der Waals surface area contributed by atoms with Gasteiger partial charge in [-0.15, -0.1) is 0 Å². The van der Waals surface area contributed by atoms with Gasteiger partial charge in [0, 0.05) is 5.69 Å². The third-order valence-corrected chi connectivity index (χ3v) is 3.66. The summed E-state index contributed by atoms with van der Waals surface area (Å²) in [5.41, 5.74) is 7.70. The van der Waals surface area contributed by atoms with Gasteiger partial charge in [-0.2, -0.15) is 0 Å². The van der Waals surface area contributed by atoms with Gasteiger partial charge in [0.1, 0.15) is 29.0 Å². The number of halogens is 2. The lowest BCUT2D eigenvalue weighted by molar-refractivity contribution is 0.569. The molecule has 2 heterocycles. The first-order valence-corrected chi connectivity index (χ1v) is 6.48. The topological polar surface area (TPSA) is 56.7 Å². The van der Waals surface area contributed by atoms with Crippen molar-refractivity contribution in [1.82, 2.24) is 14.5 Å². The quantitative estimate of drug-likeness (QED) is 0.748. The van der Waals surface area contributed by atoms with Gasteiger partial charge < -0.3 is 5.73 Å². The predicted octanol–water partition coefficient (Wildman–Crippen LogP) is 3.21. The van der Waals surface area contributed by atoms with Gasteiger partial charge in [0.15, 0.2) is 5.65 Å². The third-order valence-electron chi connectivity index (χ3n) is 3.66. The number of rotatable bonds is 1. The van der Waals surface area contributed by atoms with E-state index in [1.807, 2.05) is 6.92 Å². The maximum Gasteiger partial charge on any atom is 0.151 e. The molecule has 2 aromatic heterocycles. The lowest BCUT2D eigenvalue weighted by atomic mass is 10.2. The van der Waals surface area contributed by atoms with Gasteiger partial charge >= 0.3 is 0 Å². The van der Waals surface area contributed by atoms with Crippen LogP contribution < -0.4 is 5.73 Å². The molecule has 0 atom stereocenters. The standard InChI is InChI=1S/C15H14F2N4/c1-7-8(2)21(13-10(16)5-4-6-11(13)17)15-12(7)14(18)19-9(3)20-15/h4-6H,1-3H3,(H2,18,19,20). The molecule has 3 rings (SSSR count). The highest BCUT2D eigenvalue weighted by atomic mass is 19.1. The van der Waals surface area contributed by atoms with E-state index in [2.05, 4.69) is 9.97 Å². The Bertz CT molecular complexity index is 848. The smallest absolute Gasteiger partial charge is 0.151 e. The molecule has 0 saturated carbocycles. The van der Waals surface area contributed by atoms with Crippen LogP contribution in [-0.2, 0) is 0 Å². The number of para-hydroxylation sites is 1. The Labute approximate surface area is 120 Å². The first-order valence-electron chi connectivity index (χ1n) is 6.48. The van der Waals surface area contributed by atoms with Gasteiger partial charge in [-0.05, 0) is 38.5 Å². The summed E-state index contributed by atoms with van der Waals surface area (Å²) < 4.78 is 29.7. The predicted molar refractivity (Wildman–Crippen MR) is 77.4 cm³/mol. The average Bonchev–Trinajstić information content (AvgIpc) is 2.63. The molecule has 0 aliphatic rings. The fourth-order valence-electron chi connectivity index (χ4n) is 2.58. The number of aromatic nitrogens is 3. The van der Waals surface area contributed by atoms with Crippen LogP contribution >= 0.6 is 0 Å². The zero-order valence-electron chi connectivity index (χ0n) is 11.9. The van der Waals surface area contributed by atoms with E-state index < -0.39 is 11.6 Å². The minimum Gasteiger partial charge on any atom is -0.383 e. The second-order valence-corrected chi connectivity index (χ2v) is 4.97. The summed E-state index contributed by atoms with van der Waals surface area (Å²) in [5, 5.41) is 0.626. The summed E-state index contributed by atoms with van der Waals surface area (Å²) in [4.78, 5) is 8.44. The fraction of sp³-hybridized carbons (Fsp3) is 0.200. The van der Waals surface area contributed by atoms with Gasteiger partial charge in [-0.1, -0.05) is 6.07 Å². The van der Waals surface area contributed by atoms with Crippen molar-refractivity contribution in [3.05, 3.63) is 46.9 Å². The van der Waals surface area contributed by atoms with Gasteiger partial charge in [0.05, 0.1) is 5.39 Å². The number of hydrogen-bond donors (Lipinski definition) is 1.